The van der Waals surface area contributed by atoms with Crippen LogP contribution in [0.15, 0.2) is 84.0 Å². The van der Waals surface area contributed by atoms with E-state index in [1.54, 1.807) is 0 Å². The predicted octanol–water partition coefficient (Wildman–Crippen LogP) is 5.70. The van der Waals surface area contributed by atoms with Gasteiger partial charge in [-0.15, -0.1) is 0 Å². The molecule has 0 amide bonds. The van der Waals surface area contributed by atoms with Gasteiger partial charge in [0.1, 0.15) is 0 Å². The van der Waals surface area contributed by atoms with Crippen LogP contribution < -0.4 is 11.5 Å². The first-order valence-corrected chi connectivity index (χ1v) is 11.6. The van der Waals surface area contributed by atoms with E-state index in [1.165, 1.54) is 50.1 Å². The van der Waals surface area contributed by atoms with Gasteiger partial charge < -0.3 is 11.5 Å². The van der Waals surface area contributed by atoms with Crippen LogP contribution in [-0.2, 0) is 10.8 Å². The van der Waals surface area contributed by atoms with Gasteiger partial charge in [0.2, 0.25) is 0 Å². The van der Waals surface area contributed by atoms with Gasteiger partial charge >= 0.3 is 0 Å². The Morgan fingerprint density at radius 3 is 1.88 bits per heavy atom. The second kappa shape index (κ2) is 6.54. The summed E-state index contributed by atoms with van der Waals surface area (Å²) in [6.45, 7) is 6.97. The Morgan fingerprint density at radius 1 is 0.719 bits per heavy atom. The standard InChI is InChI=1S/C30H30N2/c1-18-9-8-14-26-27(18)20-17-19(28(31)32)15-16-21(20)30(26)24-12-6-4-10-22(24)29(2,3)23-11-5-7-13-25(23)30/h4-14,17,28H,15-16,31-32H2,1-3H3. The van der Waals surface area contributed by atoms with E-state index in [2.05, 4.69) is 93.6 Å². The van der Waals surface area contributed by atoms with Crippen LogP contribution in [0.1, 0.15) is 65.6 Å². The zero-order valence-corrected chi connectivity index (χ0v) is 19.1. The first-order valence-electron chi connectivity index (χ1n) is 11.6. The number of nitrogens with two attached hydrogens (primary N) is 2. The summed E-state index contributed by atoms with van der Waals surface area (Å²) in [5.74, 6) is 0. The van der Waals surface area contributed by atoms with Crippen LogP contribution in [-0.4, -0.2) is 6.17 Å². The molecule has 0 aliphatic heterocycles. The molecule has 3 aliphatic carbocycles. The summed E-state index contributed by atoms with van der Waals surface area (Å²) >= 11 is 0. The highest BCUT2D eigenvalue weighted by Crippen LogP contribution is 2.63. The molecule has 3 aromatic rings. The summed E-state index contributed by atoms with van der Waals surface area (Å²) in [5, 5.41) is 0. The highest BCUT2D eigenvalue weighted by molar-refractivity contribution is 5.93. The monoisotopic (exact) mass is 418 g/mol. The number of hydrogen-bond donors (Lipinski definition) is 2. The third kappa shape index (κ3) is 2.27. The molecular weight excluding hydrogens is 388 g/mol. The van der Waals surface area contributed by atoms with Gasteiger partial charge in [0, 0.05) is 5.41 Å². The molecule has 0 aromatic heterocycles. The summed E-state index contributed by atoms with van der Waals surface area (Å²) in [6.07, 6.45) is 3.79. The Kier molecular flexibility index (Phi) is 4.03. The van der Waals surface area contributed by atoms with E-state index in [0.29, 0.717) is 0 Å². The third-order valence-electron chi connectivity index (χ3n) is 8.15. The molecule has 0 saturated carbocycles. The summed E-state index contributed by atoms with van der Waals surface area (Å²) in [6, 6.07) is 25.0. The number of rotatable bonds is 1. The number of allylic oxidation sites excluding steroid dienone is 3. The van der Waals surface area contributed by atoms with E-state index >= 15 is 0 Å². The maximum Gasteiger partial charge on any atom is 0.0746 e. The van der Waals surface area contributed by atoms with Gasteiger partial charge in [-0.05, 0) is 75.4 Å². The van der Waals surface area contributed by atoms with Crippen LogP contribution in [0.3, 0.4) is 0 Å². The van der Waals surface area contributed by atoms with E-state index < -0.39 is 6.17 Å². The van der Waals surface area contributed by atoms with Crippen molar-refractivity contribution in [3.63, 3.8) is 0 Å². The van der Waals surface area contributed by atoms with Crippen LogP contribution in [0.4, 0.5) is 0 Å². The van der Waals surface area contributed by atoms with Crippen molar-refractivity contribution in [2.45, 2.75) is 50.6 Å². The maximum atomic E-state index is 6.15. The number of benzene rings is 3. The third-order valence-corrected chi connectivity index (χ3v) is 8.15. The van der Waals surface area contributed by atoms with Crippen molar-refractivity contribution in [2.75, 3.05) is 0 Å². The highest BCUT2D eigenvalue weighted by Gasteiger charge is 2.54. The molecule has 0 heterocycles. The molecule has 0 radical (unpaired) electrons. The average molecular weight is 419 g/mol. The Hall–Kier alpha value is -2.94. The Morgan fingerprint density at radius 2 is 1.28 bits per heavy atom. The van der Waals surface area contributed by atoms with Crippen LogP contribution in [0.25, 0.3) is 5.57 Å². The van der Waals surface area contributed by atoms with Crippen LogP contribution in [0.5, 0.6) is 0 Å². The van der Waals surface area contributed by atoms with E-state index in [4.69, 9.17) is 11.5 Å². The van der Waals surface area contributed by atoms with E-state index in [0.717, 1.165) is 18.4 Å². The number of hydrogen-bond acceptors (Lipinski definition) is 2. The van der Waals surface area contributed by atoms with Gasteiger partial charge in [-0.1, -0.05) is 86.7 Å². The van der Waals surface area contributed by atoms with Gasteiger partial charge in [0.25, 0.3) is 0 Å². The molecule has 0 fully saturated rings. The Bertz CT molecular complexity index is 1290. The van der Waals surface area contributed by atoms with Crippen LogP contribution >= 0.6 is 0 Å². The first-order chi connectivity index (χ1) is 15.4. The normalized spacial score (nSPS) is 19.4. The van der Waals surface area contributed by atoms with Crippen molar-refractivity contribution in [3.05, 3.63) is 123 Å². The highest BCUT2D eigenvalue weighted by atomic mass is 14.9. The molecule has 160 valence electrons. The second-order valence-corrected chi connectivity index (χ2v) is 10.1. The van der Waals surface area contributed by atoms with Gasteiger partial charge in [-0.2, -0.15) is 0 Å². The lowest BCUT2D eigenvalue weighted by molar-refractivity contribution is 0.547. The quantitative estimate of drug-likeness (QED) is 0.498. The fraction of sp³-hybridized carbons (Fsp3) is 0.267. The largest absolute Gasteiger partial charge is 0.313 e. The molecule has 3 aliphatic rings. The molecule has 6 rings (SSSR count). The number of aryl methyl sites for hydroxylation is 1. The lowest BCUT2D eigenvalue weighted by atomic mass is 9.54. The minimum atomic E-state index is -0.405. The minimum Gasteiger partial charge on any atom is -0.313 e. The zero-order chi connectivity index (χ0) is 22.3. The molecule has 1 spiro atoms. The van der Waals surface area contributed by atoms with Gasteiger partial charge in [0.05, 0.1) is 11.6 Å². The smallest absolute Gasteiger partial charge is 0.0746 e. The molecule has 0 atom stereocenters. The first kappa shape index (κ1) is 19.7. The predicted molar refractivity (Wildman–Crippen MR) is 132 cm³/mol. The fourth-order valence-electron chi connectivity index (χ4n) is 6.74. The summed E-state index contributed by atoms with van der Waals surface area (Å²) in [5.41, 5.74) is 25.8. The van der Waals surface area contributed by atoms with Crippen molar-refractivity contribution in [1.29, 1.82) is 0 Å². The lowest BCUT2D eigenvalue weighted by Crippen LogP contribution is -2.41. The van der Waals surface area contributed by atoms with Gasteiger partial charge in [-0.25, -0.2) is 0 Å². The summed E-state index contributed by atoms with van der Waals surface area (Å²) in [7, 11) is 0. The molecule has 0 bridgehead atoms. The Labute approximate surface area is 190 Å². The van der Waals surface area contributed by atoms with E-state index in [-0.39, 0.29) is 10.8 Å². The molecule has 4 N–H and O–H groups in total. The van der Waals surface area contributed by atoms with E-state index in [1.807, 2.05) is 0 Å². The molecule has 3 aromatic carbocycles. The molecule has 2 heteroatoms. The van der Waals surface area contributed by atoms with Crippen LogP contribution in [0, 0.1) is 6.92 Å². The van der Waals surface area contributed by atoms with Crippen molar-refractivity contribution < 1.29 is 0 Å². The minimum absolute atomic E-state index is 0.0545. The van der Waals surface area contributed by atoms with Crippen molar-refractivity contribution >= 4 is 5.57 Å². The van der Waals surface area contributed by atoms with E-state index in [9.17, 15) is 0 Å². The second-order valence-electron chi connectivity index (χ2n) is 10.1. The Balaban J connectivity index is 1.82. The van der Waals surface area contributed by atoms with Gasteiger partial charge in [0.15, 0.2) is 0 Å². The summed E-state index contributed by atoms with van der Waals surface area (Å²) < 4.78 is 0. The SMILES string of the molecule is Cc1cccc2c1C1=C(CCC(C(N)N)=C1)C21c2ccccc2C(C)(C)c2ccccc21. The fourth-order valence-corrected chi connectivity index (χ4v) is 6.74. The summed E-state index contributed by atoms with van der Waals surface area (Å²) in [4.78, 5) is 0. The van der Waals surface area contributed by atoms with Gasteiger partial charge in [-0.3, -0.25) is 0 Å². The lowest BCUT2D eigenvalue weighted by Gasteiger charge is -2.48. The topological polar surface area (TPSA) is 52.0 Å². The molecule has 2 nitrogen and oxygen atoms in total. The molecule has 0 unspecified atom stereocenters. The van der Waals surface area contributed by atoms with Crippen LogP contribution in [0.2, 0.25) is 0 Å². The average Bonchev–Trinajstić information content (AvgIpc) is 3.09. The molecule has 0 saturated heterocycles. The van der Waals surface area contributed by atoms with Crippen molar-refractivity contribution in [1.82, 2.24) is 0 Å². The van der Waals surface area contributed by atoms with Crippen molar-refractivity contribution in [2.24, 2.45) is 11.5 Å². The molecule has 32 heavy (non-hydrogen) atoms. The number of fused-ring (bicyclic) bond motifs is 8. The van der Waals surface area contributed by atoms with Crippen molar-refractivity contribution in [3.8, 4) is 0 Å². The molecular formula is C30H30N2. The zero-order valence-electron chi connectivity index (χ0n) is 19.1. The maximum absolute atomic E-state index is 6.15.